The van der Waals surface area contributed by atoms with E-state index in [4.69, 9.17) is 4.98 Å². The summed E-state index contributed by atoms with van der Waals surface area (Å²) in [6.07, 6.45) is 0. The largest absolute Gasteiger partial charge is 0.333 e. The molecule has 0 atom stereocenters. The van der Waals surface area contributed by atoms with Crippen molar-refractivity contribution in [3.8, 4) is 0 Å². The lowest BCUT2D eigenvalue weighted by atomic mass is 10.1. The van der Waals surface area contributed by atoms with Crippen LogP contribution in [0.1, 0.15) is 11.1 Å². The lowest BCUT2D eigenvalue weighted by molar-refractivity contribution is 1.08. The van der Waals surface area contributed by atoms with Gasteiger partial charge in [0, 0.05) is 5.75 Å². The molecule has 0 aliphatic carbocycles. The summed E-state index contributed by atoms with van der Waals surface area (Å²) in [6.45, 7) is 2.15. The zero-order valence-electron chi connectivity index (χ0n) is 12.3. The molecule has 3 aromatic carbocycles. The maximum Gasteiger partial charge on any atom is 0.166 e. The SMILES string of the molecule is Cc1ccccc1CSc1nc2cc3ccccc3cc2[nH]1. The number of aryl methyl sites for hydroxylation is 1. The van der Waals surface area contributed by atoms with Crippen LogP contribution in [-0.4, -0.2) is 9.97 Å². The molecule has 3 heteroatoms. The molecule has 0 fully saturated rings. The van der Waals surface area contributed by atoms with Crippen molar-refractivity contribution >= 4 is 33.6 Å². The summed E-state index contributed by atoms with van der Waals surface area (Å²) < 4.78 is 0. The predicted molar refractivity (Wildman–Crippen MR) is 94.3 cm³/mol. The van der Waals surface area contributed by atoms with Gasteiger partial charge in [0.05, 0.1) is 11.0 Å². The maximum absolute atomic E-state index is 4.71. The van der Waals surface area contributed by atoms with Gasteiger partial charge in [-0.25, -0.2) is 4.98 Å². The lowest BCUT2D eigenvalue weighted by Crippen LogP contribution is -1.85. The molecule has 0 radical (unpaired) electrons. The van der Waals surface area contributed by atoms with E-state index in [2.05, 4.69) is 72.6 Å². The molecule has 22 heavy (non-hydrogen) atoms. The highest BCUT2D eigenvalue weighted by Crippen LogP contribution is 2.27. The smallest absolute Gasteiger partial charge is 0.166 e. The van der Waals surface area contributed by atoms with Crippen LogP contribution in [0.3, 0.4) is 0 Å². The van der Waals surface area contributed by atoms with Crippen LogP contribution in [-0.2, 0) is 5.75 Å². The normalized spacial score (nSPS) is 11.3. The number of thioether (sulfide) groups is 1. The molecule has 0 bridgehead atoms. The van der Waals surface area contributed by atoms with Crippen LogP contribution in [0.15, 0.2) is 65.8 Å². The Morgan fingerprint density at radius 3 is 2.50 bits per heavy atom. The molecule has 108 valence electrons. The Morgan fingerprint density at radius 2 is 1.68 bits per heavy atom. The molecule has 1 N–H and O–H groups in total. The topological polar surface area (TPSA) is 28.7 Å². The van der Waals surface area contributed by atoms with Gasteiger partial charge in [0.1, 0.15) is 0 Å². The van der Waals surface area contributed by atoms with Crippen LogP contribution in [0.25, 0.3) is 21.8 Å². The molecule has 4 aromatic rings. The summed E-state index contributed by atoms with van der Waals surface area (Å²) >= 11 is 1.75. The number of rotatable bonds is 3. The maximum atomic E-state index is 4.71. The van der Waals surface area contributed by atoms with E-state index in [1.165, 1.54) is 21.9 Å². The molecule has 1 aromatic heterocycles. The molecule has 0 saturated carbocycles. The fraction of sp³-hybridized carbons (Fsp3) is 0.105. The molecule has 0 aliphatic heterocycles. The highest BCUT2D eigenvalue weighted by molar-refractivity contribution is 7.98. The Balaban J connectivity index is 1.65. The van der Waals surface area contributed by atoms with Gasteiger partial charge < -0.3 is 4.98 Å². The number of imidazole rings is 1. The third kappa shape index (κ3) is 2.48. The van der Waals surface area contributed by atoms with Crippen molar-refractivity contribution in [2.75, 3.05) is 0 Å². The molecular weight excluding hydrogens is 288 g/mol. The number of nitrogens with zero attached hydrogens (tertiary/aromatic N) is 1. The molecule has 1 heterocycles. The van der Waals surface area contributed by atoms with Gasteiger partial charge in [0.2, 0.25) is 0 Å². The van der Waals surface area contributed by atoms with Crippen molar-refractivity contribution in [3.05, 3.63) is 71.8 Å². The van der Waals surface area contributed by atoms with Crippen LogP contribution in [0.4, 0.5) is 0 Å². The summed E-state index contributed by atoms with van der Waals surface area (Å²) in [5.41, 5.74) is 4.83. The number of aromatic amines is 1. The first-order chi connectivity index (χ1) is 10.8. The Hall–Kier alpha value is -2.26. The fourth-order valence-corrected chi connectivity index (χ4v) is 3.62. The van der Waals surface area contributed by atoms with E-state index in [1.807, 2.05) is 0 Å². The van der Waals surface area contributed by atoms with E-state index < -0.39 is 0 Å². The zero-order chi connectivity index (χ0) is 14.9. The molecule has 0 unspecified atom stereocenters. The second kappa shape index (κ2) is 5.50. The van der Waals surface area contributed by atoms with Gasteiger partial charge in [-0.15, -0.1) is 0 Å². The second-order valence-corrected chi connectivity index (χ2v) is 6.44. The minimum Gasteiger partial charge on any atom is -0.333 e. The van der Waals surface area contributed by atoms with Crippen molar-refractivity contribution in [1.29, 1.82) is 0 Å². The Labute approximate surface area is 133 Å². The Morgan fingerprint density at radius 1 is 0.955 bits per heavy atom. The van der Waals surface area contributed by atoms with Gasteiger partial charge in [0.15, 0.2) is 5.16 Å². The predicted octanol–water partition coefficient (Wildman–Crippen LogP) is 5.32. The highest BCUT2D eigenvalue weighted by Gasteiger charge is 2.06. The van der Waals surface area contributed by atoms with Gasteiger partial charge in [-0.2, -0.15) is 0 Å². The standard InChI is InChI=1S/C19H16N2S/c1-13-6-2-3-9-16(13)12-22-19-20-17-10-14-7-4-5-8-15(14)11-18(17)21-19/h2-11H,12H2,1H3,(H,20,21). The van der Waals surface area contributed by atoms with Crippen molar-refractivity contribution in [2.45, 2.75) is 17.8 Å². The monoisotopic (exact) mass is 304 g/mol. The number of benzene rings is 3. The van der Waals surface area contributed by atoms with Gasteiger partial charge in [-0.1, -0.05) is 60.3 Å². The van der Waals surface area contributed by atoms with Crippen LogP contribution in [0.5, 0.6) is 0 Å². The molecule has 4 rings (SSSR count). The number of hydrogen-bond donors (Lipinski definition) is 1. The molecule has 0 aliphatic rings. The fourth-order valence-electron chi connectivity index (χ4n) is 2.66. The van der Waals surface area contributed by atoms with Gasteiger partial charge in [-0.05, 0) is 41.0 Å². The van der Waals surface area contributed by atoms with E-state index in [1.54, 1.807) is 11.8 Å². The number of nitrogens with one attached hydrogen (secondary N) is 1. The van der Waals surface area contributed by atoms with Crippen molar-refractivity contribution in [2.24, 2.45) is 0 Å². The average Bonchev–Trinajstić information content (AvgIpc) is 2.93. The minimum absolute atomic E-state index is 0.937. The minimum atomic E-state index is 0.937. The number of H-pyrrole nitrogens is 1. The van der Waals surface area contributed by atoms with E-state index >= 15 is 0 Å². The van der Waals surface area contributed by atoms with E-state index in [-0.39, 0.29) is 0 Å². The quantitative estimate of drug-likeness (QED) is 0.519. The summed E-state index contributed by atoms with van der Waals surface area (Å²) in [4.78, 5) is 8.14. The van der Waals surface area contributed by atoms with Crippen LogP contribution in [0, 0.1) is 6.92 Å². The number of fused-ring (bicyclic) bond motifs is 2. The third-order valence-corrected chi connectivity index (χ3v) is 4.88. The van der Waals surface area contributed by atoms with Gasteiger partial charge >= 0.3 is 0 Å². The van der Waals surface area contributed by atoms with Gasteiger partial charge in [0.25, 0.3) is 0 Å². The highest BCUT2D eigenvalue weighted by atomic mass is 32.2. The van der Waals surface area contributed by atoms with Crippen LogP contribution < -0.4 is 0 Å². The van der Waals surface area contributed by atoms with Crippen LogP contribution >= 0.6 is 11.8 Å². The first-order valence-corrected chi connectivity index (χ1v) is 8.34. The summed E-state index contributed by atoms with van der Waals surface area (Å²) in [5.74, 6) is 0.937. The number of hydrogen-bond acceptors (Lipinski definition) is 2. The molecule has 0 spiro atoms. The summed E-state index contributed by atoms with van der Waals surface area (Å²) in [6, 6.07) is 21.2. The summed E-state index contributed by atoms with van der Waals surface area (Å²) in [5, 5.41) is 3.46. The Kier molecular flexibility index (Phi) is 3.35. The van der Waals surface area contributed by atoms with Crippen molar-refractivity contribution in [1.82, 2.24) is 9.97 Å². The average molecular weight is 304 g/mol. The second-order valence-electron chi connectivity index (χ2n) is 5.47. The molecule has 0 amide bonds. The molecule has 0 saturated heterocycles. The van der Waals surface area contributed by atoms with Crippen molar-refractivity contribution in [3.63, 3.8) is 0 Å². The third-order valence-electron chi connectivity index (χ3n) is 3.95. The first-order valence-electron chi connectivity index (χ1n) is 7.35. The zero-order valence-corrected chi connectivity index (χ0v) is 13.2. The first kappa shape index (κ1) is 13.4. The number of aromatic nitrogens is 2. The van der Waals surface area contributed by atoms with Gasteiger partial charge in [-0.3, -0.25) is 0 Å². The van der Waals surface area contributed by atoms with E-state index in [9.17, 15) is 0 Å². The van der Waals surface area contributed by atoms with Crippen molar-refractivity contribution < 1.29 is 0 Å². The van der Waals surface area contributed by atoms with E-state index in [0.29, 0.717) is 0 Å². The Bertz CT molecular complexity index is 903. The van der Waals surface area contributed by atoms with Crippen LogP contribution in [0.2, 0.25) is 0 Å². The summed E-state index contributed by atoms with van der Waals surface area (Å²) in [7, 11) is 0. The lowest BCUT2D eigenvalue weighted by Gasteiger charge is -2.02. The molecular formula is C19H16N2S. The molecule has 2 nitrogen and oxygen atoms in total. The van der Waals surface area contributed by atoms with E-state index in [0.717, 1.165) is 21.9 Å².